The van der Waals surface area contributed by atoms with Crippen LogP contribution in [0.4, 0.5) is 10.1 Å². The van der Waals surface area contributed by atoms with Gasteiger partial charge in [-0.25, -0.2) is 4.39 Å². The van der Waals surface area contributed by atoms with E-state index in [2.05, 4.69) is 33.9 Å². The van der Waals surface area contributed by atoms with E-state index in [0.717, 1.165) is 22.9 Å². The molecule has 0 aliphatic heterocycles. The van der Waals surface area contributed by atoms with Crippen molar-refractivity contribution in [2.75, 3.05) is 0 Å². The molecule has 134 valence electrons. The van der Waals surface area contributed by atoms with Gasteiger partial charge >= 0.3 is 0 Å². The zero-order valence-electron chi connectivity index (χ0n) is 15.5. The molecular formula is C19H24FNO3Si. The maximum Gasteiger partial charge on any atom is 0.270 e. The summed E-state index contributed by atoms with van der Waals surface area (Å²) < 4.78 is 20.5. The summed E-state index contributed by atoms with van der Waals surface area (Å²) in [5, 5.41) is 11.0. The third-order valence-electron chi connectivity index (χ3n) is 3.99. The van der Waals surface area contributed by atoms with Crippen molar-refractivity contribution in [2.45, 2.75) is 46.2 Å². The molecule has 0 saturated carbocycles. The van der Waals surface area contributed by atoms with E-state index in [1.165, 1.54) is 12.1 Å². The Morgan fingerprint density at radius 2 is 1.76 bits per heavy atom. The summed E-state index contributed by atoms with van der Waals surface area (Å²) >= 11 is 0. The first-order valence-electron chi connectivity index (χ1n) is 8.27. The molecule has 2 aromatic carbocycles. The van der Waals surface area contributed by atoms with Gasteiger partial charge in [0.2, 0.25) is 9.04 Å². The molecule has 0 heterocycles. The number of non-ortho nitro benzene ring substituents is 1. The van der Waals surface area contributed by atoms with E-state index in [4.69, 9.17) is 4.43 Å². The Morgan fingerprint density at radius 3 is 2.28 bits per heavy atom. The molecule has 0 spiro atoms. The van der Waals surface area contributed by atoms with Crippen molar-refractivity contribution in [2.24, 2.45) is 0 Å². The van der Waals surface area contributed by atoms with Gasteiger partial charge in [0.15, 0.2) is 0 Å². The fourth-order valence-electron chi connectivity index (χ4n) is 3.10. The van der Waals surface area contributed by atoms with E-state index in [9.17, 15) is 14.5 Å². The van der Waals surface area contributed by atoms with Crippen molar-refractivity contribution in [1.82, 2.24) is 0 Å². The number of nitrogens with zero attached hydrogens (tertiary/aromatic N) is 1. The number of nitro groups is 1. The van der Waals surface area contributed by atoms with Crippen LogP contribution in [-0.4, -0.2) is 14.0 Å². The van der Waals surface area contributed by atoms with Gasteiger partial charge in [0.05, 0.1) is 4.92 Å². The molecule has 0 aliphatic rings. The lowest BCUT2D eigenvalue weighted by molar-refractivity contribution is -0.384. The Bertz CT molecular complexity index is 813. The maximum absolute atomic E-state index is 14.4. The number of rotatable bonds is 4. The summed E-state index contributed by atoms with van der Waals surface area (Å²) in [6.07, 6.45) is 0. The van der Waals surface area contributed by atoms with Crippen LogP contribution in [-0.2, 0) is 5.41 Å². The van der Waals surface area contributed by atoms with Gasteiger partial charge in [0.1, 0.15) is 11.6 Å². The average molecular weight is 361 g/mol. The van der Waals surface area contributed by atoms with Crippen molar-refractivity contribution < 1.29 is 13.7 Å². The summed E-state index contributed by atoms with van der Waals surface area (Å²) in [5.41, 5.74) is 2.48. The van der Waals surface area contributed by atoms with E-state index in [0.29, 0.717) is 5.56 Å². The van der Waals surface area contributed by atoms with Gasteiger partial charge in [0, 0.05) is 23.3 Å². The largest absolute Gasteiger partial charge is 0.547 e. The number of hydrogen-bond donors (Lipinski definition) is 0. The predicted octanol–water partition coefficient (Wildman–Crippen LogP) is 5.37. The molecule has 25 heavy (non-hydrogen) atoms. The minimum Gasteiger partial charge on any atom is -0.547 e. The third kappa shape index (κ3) is 4.07. The molecule has 0 amide bonds. The van der Waals surface area contributed by atoms with Crippen LogP contribution in [0.25, 0.3) is 11.1 Å². The van der Waals surface area contributed by atoms with Gasteiger partial charge in [-0.2, -0.15) is 0 Å². The first-order chi connectivity index (χ1) is 11.5. The molecule has 2 rings (SSSR count). The second-order valence-electron chi connectivity index (χ2n) is 7.45. The summed E-state index contributed by atoms with van der Waals surface area (Å²) in [6.45, 7) is 12.3. The first-order valence-corrected chi connectivity index (χ1v) is 11.1. The molecule has 2 aromatic rings. The van der Waals surface area contributed by atoms with E-state index in [-0.39, 0.29) is 16.7 Å². The highest BCUT2D eigenvalue weighted by atomic mass is 28.3. The molecule has 0 aliphatic carbocycles. The van der Waals surface area contributed by atoms with Gasteiger partial charge in [-0.05, 0) is 48.7 Å². The summed E-state index contributed by atoms with van der Waals surface area (Å²) in [7, 11) is -1.30. The molecule has 0 saturated heterocycles. The molecule has 0 unspecified atom stereocenters. The maximum atomic E-state index is 14.4. The van der Waals surface area contributed by atoms with Crippen LogP contribution in [0.2, 0.25) is 13.1 Å². The number of halogens is 1. The number of nitro benzene ring substituents is 1. The minimum atomic E-state index is -1.30. The van der Waals surface area contributed by atoms with Crippen LogP contribution in [0.5, 0.6) is 5.75 Å². The van der Waals surface area contributed by atoms with E-state index >= 15 is 0 Å². The SMILES string of the molecule is Cc1c(-c2cc([N+](=O)[O-])ccc2F)ccc(O[SiH](C)C)c1C(C)(C)C. The standard InChI is InChI=1S/C19H24FNO3Si/c1-12-14(15-11-13(21(22)23)7-9-16(15)20)8-10-17(24-25(5)6)18(12)19(2,3)4/h7-11,25H,1-6H3. The average Bonchev–Trinajstić information content (AvgIpc) is 2.46. The summed E-state index contributed by atoms with van der Waals surface area (Å²) in [6, 6.07) is 7.27. The van der Waals surface area contributed by atoms with E-state index in [1.807, 2.05) is 13.0 Å². The van der Waals surface area contributed by atoms with E-state index in [1.54, 1.807) is 6.07 Å². The molecule has 0 radical (unpaired) electrons. The molecule has 0 aromatic heterocycles. The molecule has 0 bridgehead atoms. The highest BCUT2D eigenvalue weighted by Crippen LogP contribution is 2.40. The van der Waals surface area contributed by atoms with E-state index < -0.39 is 19.8 Å². The van der Waals surface area contributed by atoms with Crippen molar-refractivity contribution in [1.29, 1.82) is 0 Å². The van der Waals surface area contributed by atoms with Crippen LogP contribution in [0.3, 0.4) is 0 Å². The minimum absolute atomic E-state index is 0.122. The monoisotopic (exact) mass is 361 g/mol. The topological polar surface area (TPSA) is 52.4 Å². The molecule has 0 N–H and O–H groups in total. The molecule has 4 nitrogen and oxygen atoms in total. The molecule has 0 fully saturated rings. The van der Waals surface area contributed by atoms with Crippen LogP contribution in [0, 0.1) is 22.9 Å². The Kier molecular flexibility index (Phi) is 5.32. The Labute approximate surface area is 149 Å². The lowest BCUT2D eigenvalue weighted by Gasteiger charge is -2.28. The Hall–Kier alpha value is -2.21. The zero-order chi connectivity index (χ0) is 18.9. The predicted molar refractivity (Wildman–Crippen MR) is 101 cm³/mol. The molecule has 0 atom stereocenters. The lowest BCUT2D eigenvalue weighted by Crippen LogP contribution is -2.20. The summed E-state index contributed by atoms with van der Waals surface area (Å²) in [4.78, 5) is 10.5. The fourth-order valence-corrected chi connectivity index (χ4v) is 3.80. The van der Waals surface area contributed by atoms with Gasteiger partial charge in [0.25, 0.3) is 5.69 Å². The van der Waals surface area contributed by atoms with Crippen LogP contribution < -0.4 is 4.43 Å². The Balaban J connectivity index is 2.73. The summed E-state index contributed by atoms with van der Waals surface area (Å²) in [5.74, 6) is 0.349. The van der Waals surface area contributed by atoms with Crippen molar-refractivity contribution in [3.63, 3.8) is 0 Å². The highest BCUT2D eigenvalue weighted by Gasteiger charge is 2.25. The second-order valence-corrected chi connectivity index (χ2v) is 9.78. The molecule has 6 heteroatoms. The van der Waals surface area contributed by atoms with Gasteiger partial charge in [-0.3, -0.25) is 10.1 Å². The van der Waals surface area contributed by atoms with Crippen LogP contribution in [0.1, 0.15) is 31.9 Å². The fraction of sp³-hybridized carbons (Fsp3) is 0.368. The highest BCUT2D eigenvalue weighted by molar-refractivity contribution is 6.49. The quantitative estimate of drug-likeness (QED) is 0.418. The van der Waals surface area contributed by atoms with Crippen molar-refractivity contribution in [3.8, 4) is 16.9 Å². The van der Waals surface area contributed by atoms with Crippen molar-refractivity contribution in [3.05, 3.63) is 57.4 Å². The lowest BCUT2D eigenvalue weighted by atomic mass is 9.81. The first kappa shape index (κ1) is 19.1. The van der Waals surface area contributed by atoms with Crippen molar-refractivity contribution >= 4 is 14.7 Å². The number of hydrogen-bond acceptors (Lipinski definition) is 3. The third-order valence-corrected chi connectivity index (χ3v) is 4.72. The second kappa shape index (κ2) is 6.96. The van der Waals surface area contributed by atoms with Gasteiger partial charge in [-0.15, -0.1) is 0 Å². The van der Waals surface area contributed by atoms with Gasteiger partial charge < -0.3 is 4.43 Å². The van der Waals surface area contributed by atoms with Crippen LogP contribution >= 0.6 is 0 Å². The van der Waals surface area contributed by atoms with Gasteiger partial charge in [-0.1, -0.05) is 26.8 Å². The zero-order valence-corrected chi connectivity index (χ0v) is 16.7. The normalized spacial score (nSPS) is 11.7. The smallest absolute Gasteiger partial charge is 0.270 e. The molecular weight excluding hydrogens is 337 g/mol. The Morgan fingerprint density at radius 1 is 1.12 bits per heavy atom. The van der Waals surface area contributed by atoms with Crippen LogP contribution in [0.15, 0.2) is 30.3 Å². The number of benzene rings is 2.